The molecule has 0 bridgehead atoms. The number of fused-ring (bicyclic) bond motifs is 6. The summed E-state index contributed by atoms with van der Waals surface area (Å²) in [6.45, 7) is 3.86. The minimum Gasteiger partial charge on any atom is -0.455 e. The van der Waals surface area contributed by atoms with E-state index in [2.05, 4.69) is 61.2 Å². The zero-order valence-corrected chi connectivity index (χ0v) is 12.5. The van der Waals surface area contributed by atoms with Gasteiger partial charge < -0.3 is 4.42 Å². The Morgan fingerprint density at radius 2 is 1.52 bits per heavy atom. The Kier molecular flexibility index (Phi) is 2.42. The molecule has 4 aromatic carbocycles. The Balaban J connectivity index is 1.98. The molecule has 1 heterocycles. The van der Waals surface area contributed by atoms with Crippen LogP contribution in [0.1, 0.15) is 5.56 Å². The highest BCUT2D eigenvalue weighted by Gasteiger charge is 2.11. The lowest BCUT2D eigenvalue weighted by Gasteiger charge is -2.02. The van der Waals surface area contributed by atoms with E-state index in [0.717, 1.165) is 32.9 Å². The summed E-state index contributed by atoms with van der Waals surface area (Å²) in [5, 5.41) is 7.17. The van der Waals surface area contributed by atoms with Crippen LogP contribution in [0.4, 0.5) is 0 Å². The SMILES string of the molecule is C=Cc1ccc2oc3c4cc5ccccc5cc4ccc3c2c1. The minimum absolute atomic E-state index is 0.922. The van der Waals surface area contributed by atoms with Crippen molar-refractivity contribution in [3.63, 3.8) is 0 Å². The molecule has 108 valence electrons. The largest absolute Gasteiger partial charge is 0.455 e. The van der Waals surface area contributed by atoms with Gasteiger partial charge in [-0.3, -0.25) is 0 Å². The van der Waals surface area contributed by atoms with Crippen molar-refractivity contribution in [1.29, 1.82) is 0 Å². The molecule has 0 unspecified atom stereocenters. The summed E-state index contributed by atoms with van der Waals surface area (Å²) >= 11 is 0. The highest BCUT2D eigenvalue weighted by Crippen LogP contribution is 2.36. The molecule has 0 amide bonds. The fourth-order valence-electron chi connectivity index (χ4n) is 3.39. The molecule has 1 nitrogen and oxygen atoms in total. The molecule has 0 atom stereocenters. The van der Waals surface area contributed by atoms with Gasteiger partial charge in [0, 0.05) is 16.2 Å². The van der Waals surface area contributed by atoms with Crippen LogP contribution >= 0.6 is 0 Å². The first-order valence-electron chi connectivity index (χ1n) is 7.74. The molecule has 0 N–H and O–H groups in total. The average Bonchev–Trinajstić information content (AvgIpc) is 2.98. The van der Waals surface area contributed by atoms with Crippen molar-refractivity contribution in [2.24, 2.45) is 0 Å². The van der Waals surface area contributed by atoms with Crippen LogP contribution in [0.15, 0.2) is 77.7 Å². The lowest BCUT2D eigenvalue weighted by atomic mass is 10.0. The first kappa shape index (κ1) is 12.5. The third-order valence-corrected chi connectivity index (χ3v) is 4.58. The van der Waals surface area contributed by atoms with Crippen LogP contribution in [0.25, 0.3) is 49.6 Å². The number of hydrogen-bond donors (Lipinski definition) is 0. The lowest BCUT2D eigenvalue weighted by Crippen LogP contribution is -1.77. The van der Waals surface area contributed by atoms with Crippen LogP contribution in [-0.2, 0) is 0 Å². The van der Waals surface area contributed by atoms with Gasteiger partial charge in [0.15, 0.2) is 0 Å². The molecule has 5 rings (SSSR count). The van der Waals surface area contributed by atoms with E-state index >= 15 is 0 Å². The molecule has 23 heavy (non-hydrogen) atoms. The molecule has 1 aromatic heterocycles. The summed E-state index contributed by atoms with van der Waals surface area (Å²) in [6.07, 6.45) is 1.87. The fraction of sp³-hybridized carbons (Fsp3) is 0. The van der Waals surface area contributed by atoms with Crippen molar-refractivity contribution >= 4 is 49.6 Å². The van der Waals surface area contributed by atoms with E-state index in [1.807, 2.05) is 18.2 Å². The second kappa shape index (κ2) is 4.47. The Hall–Kier alpha value is -3.06. The predicted octanol–water partition coefficient (Wildman–Crippen LogP) is 6.54. The van der Waals surface area contributed by atoms with Crippen molar-refractivity contribution in [3.05, 3.63) is 78.9 Å². The molecular formula is C22H14O. The summed E-state index contributed by atoms with van der Waals surface area (Å²) in [5.41, 5.74) is 2.99. The van der Waals surface area contributed by atoms with Crippen LogP contribution in [-0.4, -0.2) is 0 Å². The standard InChI is InChI=1S/C22H14O/c1-2-14-7-10-21-20(11-14)18-9-8-17-12-15-5-3-4-6-16(15)13-19(17)22(18)23-21/h2-13H,1H2. The van der Waals surface area contributed by atoms with Crippen molar-refractivity contribution in [2.75, 3.05) is 0 Å². The van der Waals surface area contributed by atoms with Gasteiger partial charge in [-0.05, 0) is 52.1 Å². The van der Waals surface area contributed by atoms with Gasteiger partial charge in [0.05, 0.1) is 0 Å². The second-order valence-electron chi connectivity index (χ2n) is 5.92. The molecular weight excluding hydrogens is 280 g/mol. The van der Waals surface area contributed by atoms with Crippen molar-refractivity contribution in [2.45, 2.75) is 0 Å². The highest BCUT2D eigenvalue weighted by atomic mass is 16.3. The van der Waals surface area contributed by atoms with Crippen LogP contribution in [0.5, 0.6) is 0 Å². The fourth-order valence-corrected chi connectivity index (χ4v) is 3.39. The van der Waals surface area contributed by atoms with Gasteiger partial charge in [-0.2, -0.15) is 0 Å². The predicted molar refractivity (Wildman–Crippen MR) is 98.8 cm³/mol. The zero-order valence-electron chi connectivity index (χ0n) is 12.5. The molecule has 0 aliphatic rings. The monoisotopic (exact) mass is 294 g/mol. The topological polar surface area (TPSA) is 13.1 Å². The Bertz CT molecular complexity index is 1220. The number of benzene rings is 4. The smallest absolute Gasteiger partial charge is 0.143 e. The maximum atomic E-state index is 6.18. The molecule has 0 aliphatic heterocycles. The Morgan fingerprint density at radius 1 is 0.696 bits per heavy atom. The van der Waals surface area contributed by atoms with Gasteiger partial charge in [-0.25, -0.2) is 0 Å². The molecule has 1 heteroatoms. The number of rotatable bonds is 1. The third-order valence-electron chi connectivity index (χ3n) is 4.58. The molecule has 0 saturated carbocycles. The van der Waals surface area contributed by atoms with Gasteiger partial charge in [-0.15, -0.1) is 0 Å². The molecule has 0 spiro atoms. The second-order valence-corrected chi connectivity index (χ2v) is 5.92. The van der Waals surface area contributed by atoms with Crippen LogP contribution in [0.2, 0.25) is 0 Å². The summed E-state index contributed by atoms with van der Waals surface area (Å²) < 4.78 is 6.18. The van der Waals surface area contributed by atoms with E-state index in [4.69, 9.17) is 4.42 Å². The summed E-state index contributed by atoms with van der Waals surface area (Å²) in [7, 11) is 0. The maximum Gasteiger partial charge on any atom is 0.143 e. The van der Waals surface area contributed by atoms with Gasteiger partial charge >= 0.3 is 0 Å². The first-order valence-corrected chi connectivity index (χ1v) is 7.74. The van der Waals surface area contributed by atoms with E-state index in [-0.39, 0.29) is 0 Å². The normalized spacial score (nSPS) is 11.7. The van der Waals surface area contributed by atoms with Crippen molar-refractivity contribution < 1.29 is 4.42 Å². The van der Waals surface area contributed by atoms with E-state index in [9.17, 15) is 0 Å². The molecule has 0 radical (unpaired) electrons. The first-order chi connectivity index (χ1) is 11.3. The number of hydrogen-bond acceptors (Lipinski definition) is 1. The van der Waals surface area contributed by atoms with Crippen LogP contribution in [0.3, 0.4) is 0 Å². The summed E-state index contributed by atoms with van der Waals surface area (Å²) in [5.74, 6) is 0. The highest BCUT2D eigenvalue weighted by molar-refractivity contribution is 6.17. The molecule has 5 aromatic rings. The van der Waals surface area contributed by atoms with E-state index < -0.39 is 0 Å². The quantitative estimate of drug-likeness (QED) is 0.320. The number of furan rings is 1. The van der Waals surface area contributed by atoms with Crippen molar-refractivity contribution in [3.8, 4) is 0 Å². The maximum absolute atomic E-state index is 6.18. The van der Waals surface area contributed by atoms with Gasteiger partial charge in [0.2, 0.25) is 0 Å². The minimum atomic E-state index is 0.922. The van der Waals surface area contributed by atoms with Gasteiger partial charge in [0.1, 0.15) is 11.2 Å². The van der Waals surface area contributed by atoms with Crippen molar-refractivity contribution in [1.82, 2.24) is 0 Å². The zero-order chi connectivity index (χ0) is 15.4. The Morgan fingerprint density at radius 3 is 2.35 bits per heavy atom. The molecule has 0 aliphatic carbocycles. The summed E-state index contributed by atoms with van der Waals surface area (Å²) in [6, 6.07) is 23.4. The average molecular weight is 294 g/mol. The van der Waals surface area contributed by atoms with E-state index in [1.165, 1.54) is 16.2 Å². The molecule has 0 saturated heterocycles. The molecule has 0 fully saturated rings. The lowest BCUT2D eigenvalue weighted by molar-refractivity contribution is 0.672. The van der Waals surface area contributed by atoms with Crippen LogP contribution in [0, 0.1) is 0 Å². The van der Waals surface area contributed by atoms with Crippen LogP contribution < -0.4 is 0 Å². The Labute approximate surface area is 133 Å². The van der Waals surface area contributed by atoms with E-state index in [0.29, 0.717) is 0 Å². The van der Waals surface area contributed by atoms with Gasteiger partial charge in [-0.1, -0.05) is 49.1 Å². The summed E-state index contributed by atoms with van der Waals surface area (Å²) in [4.78, 5) is 0. The van der Waals surface area contributed by atoms with Gasteiger partial charge in [0.25, 0.3) is 0 Å². The van der Waals surface area contributed by atoms with E-state index in [1.54, 1.807) is 0 Å². The third kappa shape index (κ3) is 1.74.